The van der Waals surface area contributed by atoms with Crippen molar-refractivity contribution in [3.8, 4) is 0 Å². The third-order valence-corrected chi connectivity index (χ3v) is 5.82. The number of hydrogen-bond acceptors (Lipinski definition) is 3. The Kier molecular flexibility index (Phi) is 3.66. The van der Waals surface area contributed by atoms with Crippen LogP contribution in [0.3, 0.4) is 0 Å². The summed E-state index contributed by atoms with van der Waals surface area (Å²) in [7, 11) is -3.59. The van der Waals surface area contributed by atoms with Gasteiger partial charge in [-0.2, -0.15) is 12.7 Å². The molecule has 3 rings (SSSR count). The Morgan fingerprint density at radius 2 is 2.10 bits per heavy atom. The van der Waals surface area contributed by atoms with Gasteiger partial charge >= 0.3 is 10.2 Å². The zero-order valence-electron chi connectivity index (χ0n) is 11.1. The number of benzene rings is 1. The number of anilines is 1. The van der Waals surface area contributed by atoms with Crippen molar-refractivity contribution in [3.05, 3.63) is 30.1 Å². The lowest BCUT2D eigenvalue weighted by molar-refractivity contribution is 0.381. The SMILES string of the molecule is O=S1(=O)N(CC2CCNC2)CCN1c1ccccc1F. The molecule has 0 saturated carbocycles. The molecule has 1 aromatic carbocycles. The van der Waals surface area contributed by atoms with E-state index in [-0.39, 0.29) is 5.69 Å². The van der Waals surface area contributed by atoms with Crippen LogP contribution < -0.4 is 9.62 Å². The topological polar surface area (TPSA) is 52.7 Å². The molecule has 2 fully saturated rings. The number of halogens is 1. The van der Waals surface area contributed by atoms with Gasteiger partial charge in [0.1, 0.15) is 5.82 Å². The van der Waals surface area contributed by atoms with E-state index in [9.17, 15) is 12.8 Å². The second-order valence-electron chi connectivity index (χ2n) is 5.25. The summed E-state index contributed by atoms with van der Waals surface area (Å²) in [6, 6.07) is 6.00. The molecule has 1 aromatic rings. The highest BCUT2D eigenvalue weighted by atomic mass is 32.2. The molecule has 5 nitrogen and oxygen atoms in total. The zero-order valence-corrected chi connectivity index (χ0v) is 11.9. The van der Waals surface area contributed by atoms with Gasteiger partial charge in [-0.3, -0.25) is 4.31 Å². The molecular weight excluding hydrogens is 281 g/mol. The molecule has 20 heavy (non-hydrogen) atoms. The quantitative estimate of drug-likeness (QED) is 0.898. The van der Waals surface area contributed by atoms with Gasteiger partial charge in [0.15, 0.2) is 0 Å². The summed E-state index contributed by atoms with van der Waals surface area (Å²) in [5.74, 6) is -0.147. The maximum Gasteiger partial charge on any atom is 0.304 e. The van der Waals surface area contributed by atoms with Crippen molar-refractivity contribution in [2.24, 2.45) is 5.92 Å². The summed E-state index contributed by atoms with van der Waals surface area (Å²) < 4.78 is 41.4. The van der Waals surface area contributed by atoms with Crippen LogP contribution in [0.4, 0.5) is 10.1 Å². The molecule has 7 heteroatoms. The summed E-state index contributed by atoms with van der Waals surface area (Å²) in [6.07, 6.45) is 0.992. The fraction of sp³-hybridized carbons (Fsp3) is 0.538. The van der Waals surface area contributed by atoms with Gasteiger partial charge in [0, 0.05) is 19.6 Å². The average Bonchev–Trinajstić information content (AvgIpc) is 3.01. The monoisotopic (exact) mass is 299 g/mol. The summed E-state index contributed by atoms with van der Waals surface area (Å²) in [5, 5.41) is 3.23. The van der Waals surface area contributed by atoms with E-state index in [2.05, 4.69) is 5.32 Å². The molecule has 0 aromatic heterocycles. The van der Waals surface area contributed by atoms with Crippen LogP contribution in [0.1, 0.15) is 6.42 Å². The molecule has 0 bridgehead atoms. The maximum atomic E-state index is 13.8. The molecule has 1 unspecified atom stereocenters. The van der Waals surface area contributed by atoms with Crippen LogP contribution in [0, 0.1) is 11.7 Å². The fourth-order valence-electron chi connectivity index (χ4n) is 2.81. The van der Waals surface area contributed by atoms with Crippen molar-refractivity contribution < 1.29 is 12.8 Å². The van der Waals surface area contributed by atoms with E-state index in [1.807, 2.05) is 0 Å². The van der Waals surface area contributed by atoms with Crippen LogP contribution in [0.2, 0.25) is 0 Å². The summed E-state index contributed by atoms with van der Waals surface area (Å²) in [6.45, 7) is 3.04. The highest BCUT2D eigenvalue weighted by molar-refractivity contribution is 7.90. The van der Waals surface area contributed by atoms with E-state index in [4.69, 9.17) is 0 Å². The van der Waals surface area contributed by atoms with E-state index >= 15 is 0 Å². The third kappa shape index (κ3) is 2.41. The smallest absolute Gasteiger partial charge is 0.304 e. The molecule has 2 aliphatic heterocycles. The zero-order chi connectivity index (χ0) is 14.2. The Labute approximate surface area is 118 Å². The Hall–Kier alpha value is -1.18. The minimum atomic E-state index is -3.59. The van der Waals surface area contributed by atoms with E-state index < -0.39 is 16.0 Å². The molecular formula is C13H18FN3O2S. The minimum Gasteiger partial charge on any atom is -0.316 e. The summed E-state index contributed by atoms with van der Waals surface area (Å²) in [4.78, 5) is 0. The summed E-state index contributed by atoms with van der Waals surface area (Å²) >= 11 is 0. The first-order chi connectivity index (χ1) is 9.59. The van der Waals surface area contributed by atoms with Crippen LogP contribution in [0.5, 0.6) is 0 Å². The molecule has 110 valence electrons. The van der Waals surface area contributed by atoms with Gasteiger partial charge < -0.3 is 5.32 Å². The second-order valence-corrected chi connectivity index (χ2v) is 7.10. The number of nitrogens with one attached hydrogen (secondary N) is 1. The number of para-hydroxylation sites is 1. The predicted octanol–water partition coefficient (Wildman–Crippen LogP) is 0.802. The fourth-order valence-corrected chi connectivity index (χ4v) is 4.51. The van der Waals surface area contributed by atoms with Crippen molar-refractivity contribution in [2.75, 3.05) is 37.0 Å². The van der Waals surface area contributed by atoms with E-state index in [1.54, 1.807) is 12.1 Å². The van der Waals surface area contributed by atoms with Gasteiger partial charge in [-0.25, -0.2) is 4.39 Å². The summed E-state index contributed by atoms with van der Waals surface area (Å²) in [5.41, 5.74) is 0.138. The Morgan fingerprint density at radius 1 is 1.30 bits per heavy atom. The van der Waals surface area contributed by atoms with Gasteiger partial charge in [-0.15, -0.1) is 0 Å². The Balaban J connectivity index is 1.80. The first-order valence-corrected chi connectivity index (χ1v) is 8.22. The Morgan fingerprint density at radius 3 is 2.80 bits per heavy atom. The number of hydrogen-bond donors (Lipinski definition) is 1. The van der Waals surface area contributed by atoms with Gasteiger partial charge in [0.25, 0.3) is 0 Å². The van der Waals surface area contributed by atoms with Gasteiger partial charge in [0.2, 0.25) is 0 Å². The van der Waals surface area contributed by atoms with Crippen molar-refractivity contribution in [1.82, 2.24) is 9.62 Å². The molecule has 2 saturated heterocycles. The lowest BCUT2D eigenvalue weighted by Gasteiger charge is -2.22. The molecule has 0 radical (unpaired) electrons. The van der Waals surface area contributed by atoms with Crippen LogP contribution in [0.25, 0.3) is 0 Å². The van der Waals surface area contributed by atoms with Gasteiger partial charge in [-0.05, 0) is 37.6 Å². The van der Waals surface area contributed by atoms with Gasteiger partial charge in [0.05, 0.1) is 5.69 Å². The normalized spacial score (nSPS) is 26.2. The van der Waals surface area contributed by atoms with Crippen LogP contribution in [-0.4, -0.2) is 45.4 Å². The molecule has 2 heterocycles. The standard InChI is InChI=1S/C13H18FN3O2S/c14-12-3-1-2-4-13(12)17-8-7-16(20(17,18)19)10-11-5-6-15-9-11/h1-4,11,15H,5-10H2. The first kappa shape index (κ1) is 13.8. The van der Waals surface area contributed by atoms with E-state index in [0.29, 0.717) is 25.6 Å². The predicted molar refractivity (Wildman–Crippen MR) is 75.2 cm³/mol. The van der Waals surface area contributed by atoms with Crippen molar-refractivity contribution >= 4 is 15.9 Å². The highest BCUT2D eigenvalue weighted by Crippen LogP contribution is 2.28. The molecule has 0 amide bonds. The third-order valence-electron chi connectivity index (χ3n) is 3.90. The van der Waals surface area contributed by atoms with Crippen molar-refractivity contribution in [2.45, 2.75) is 6.42 Å². The molecule has 0 aliphatic carbocycles. The van der Waals surface area contributed by atoms with Crippen LogP contribution >= 0.6 is 0 Å². The van der Waals surface area contributed by atoms with Crippen LogP contribution in [0.15, 0.2) is 24.3 Å². The largest absolute Gasteiger partial charge is 0.316 e. The second kappa shape index (κ2) is 5.31. The molecule has 1 N–H and O–H groups in total. The molecule has 1 atom stereocenters. The minimum absolute atomic E-state index is 0.138. The highest BCUT2D eigenvalue weighted by Gasteiger charge is 2.39. The number of rotatable bonds is 3. The van der Waals surface area contributed by atoms with Gasteiger partial charge in [-0.1, -0.05) is 12.1 Å². The van der Waals surface area contributed by atoms with Crippen LogP contribution in [-0.2, 0) is 10.2 Å². The maximum absolute atomic E-state index is 13.8. The van der Waals surface area contributed by atoms with Crippen molar-refractivity contribution in [3.63, 3.8) is 0 Å². The molecule has 0 spiro atoms. The average molecular weight is 299 g/mol. The Bertz CT molecular complexity index is 587. The van der Waals surface area contributed by atoms with E-state index in [0.717, 1.165) is 19.5 Å². The molecule has 2 aliphatic rings. The van der Waals surface area contributed by atoms with E-state index in [1.165, 1.54) is 20.7 Å². The lowest BCUT2D eigenvalue weighted by atomic mass is 10.1. The number of nitrogens with zero attached hydrogens (tertiary/aromatic N) is 2. The lowest BCUT2D eigenvalue weighted by Crippen LogP contribution is -2.36. The first-order valence-electron chi connectivity index (χ1n) is 6.82. The van der Waals surface area contributed by atoms with Crippen molar-refractivity contribution in [1.29, 1.82) is 0 Å².